The highest BCUT2D eigenvalue weighted by molar-refractivity contribution is 6.07. The Morgan fingerprint density at radius 2 is 0.419 bits per heavy atom. The largest absolute Gasteiger partial charge is 0.344 e. The van der Waals surface area contributed by atoms with Gasteiger partial charge in [-0.25, -0.2) is 0 Å². The second-order valence-corrected chi connectivity index (χ2v) is 15.1. The van der Waals surface area contributed by atoms with Gasteiger partial charge in [-0.1, -0.05) is 158 Å². The lowest BCUT2D eigenvalue weighted by Gasteiger charge is -2.29. The van der Waals surface area contributed by atoms with Crippen molar-refractivity contribution in [3.63, 3.8) is 0 Å². The van der Waals surface area contributed by atoms with Crippen molar-refractivity contribution >= 4 is 78.4 Å². The number of benzene rings is 10. The molecule has 4 nitrogen and oxygen atoms in total. The molecule has 0 radical (unpaired) electrons. The topological polar surface area (TPSA) is 13.0 Å². The Hall–Kier alpha value is -8.08. The molecule has 0 spiro atoms. The van der Waals surface area contributed by atoms with Crippen LogP contribution in [0.3, 0.4) is 0 Å². The van der Waals surface area contributed by atoms with Crippen LogP contribution in [0, 0.1) is 0 Å². The Morgan fingerprint density at radius 3 is 0.774 bits per heavy atom. The molecule has 0 aromatic heterocycles. The Balaban J connectivity index is 0.000000158. The summed E-state index contributed by atoms with van der Waals surface area (Å²) in [6.45, 7) is 0. The predicted octanol–water partition coefficient (Wildman–Crippen LogP) is 16.2. The first-order valence-corrected chi connectivity index (χ1v) is 21.1. The molecule has 0 amide bonds. The highest BCUT2D eigenvalue weighted by atomic mass is 15.2. The lowest BCUT2D eigenvalue weighted by Crippen LogP contribution is -2.13. The maximum Gasteiger partial charge on any atom is 0.0541 e. The Labute approximate surface area is 365 Å². The Bertz CT molecular complexity index is 2740. The van der Waals surface area contributed by atoms with E-state index in [0.717, 1.165) is 22.7 Å². The van der Waals surface area contributed by atoms with Gasteiger partial charge in [-0.05, 0) is 97.1 Å². The Kier molecular flexibility index (Phi) is 11.7. The van der Waals surface area contributed by atoms with E-state index in [1.54, 1.807) is 0 Å². The zero-order chi connectivity index (χ0) is 42.1. The summed E-state index contributed by atoms with van der Waals surface area (Å²) < 4.78 is 0. The number of fused-ring (bicyclic) bond motifs is 2. The molecule has 0 aliphatic rings. The molecule has 10 aromatic carbocycles. The van der Waals surface area contributed by atoms with Crippen molar-refractivity contribution in [2.75, 3.05) is 33.7 Å². The van der Waals surface area contributed by atoms with Crippen LogP contribution in [-0.4, -0.2) is 14.1 Å². The van der Waals surface area contributed by atoms with Crippen molar-refractivity contribution in [2.24, 2.45) is 0 Å². The van der Waals surface area contributed by atoms with E-state index in [4.69, 9.17) is 0 Å². The number of nitrogens with zero attached hydrogens (tertiary/aromatic N) is 4. The van der Waals surface area contributed by atoms with Crippen LogP contribution in [0.4, 0.5) is 56.9 Å². The molecule has 0 fully saturated rings. The number of hydrogen-bond acceptors (Lipinski definition) is 4. The zero-order valence-corrected chi connectivity index (χ0v) is 35.0. The van der Waals surface area contributed by atoms with Gasteiger partial charge in [0.2, 0.25) is 0 Å². The summed E-state index contributed by atoms with van der Waals surface area (Å²) in [7, 11) is 4.26. The number of hydrogen-bond donors (Lipinski definition) is 0. The zero-order valence-electron chi connectivity index (χ0n) is 35.0. The number of para-hydroxylation sites is 6. The van der Waals surface area contributed by atoms with Crippen molar-refractivity contribution in [1.29, 1.82) is 0 Å². The minimum Gasteiger partial charge on any atom is -0.344 e. The van der Waals surface area contributed by atoms with E-state index in [1.807, 2.05) is 0 Å². The Morgan fingerprint density at radius 1 is 0.194 bits per heavy atom. The summed E-state index contributed by atoms with van der Waals surface area (Å²) in [5.41, 5.74) is 11.6. The van der Waals surface area contributed by atoms with Gasteiger partial charge in [0.05, 0.1) is 11.4 Å². The van der Waals surface area contributed by atoms with Gasteiger partial charge in [-0.3, -0.25) is 0 Å². The van der Waals surface area contributed by atoms with Gasteiger partial charge in [-0.2, -0.15) is 0 Å². The van der Waals surface area contributed by atoms with Crippen LogP contribution in [-0.2, 0) is 0 Å². The molecule has 10 aromatic rings. The van der Waals surface area contributed by atoms with E-state index in [1.165, 1.54) is 55.7 Å². The standard InChI is InChI=1S/2C29H24N2/c1-30(23-13-5-2-6-14-23)28-21-11-20-27-26(28)19-12-22-29(27)31(24-15-7-3-8-16-24)25-17-9-4-10-18-25;1-30(23-13-5-2-6-14-23)28-21-22-29(27-20-12-11-19-26(27)28)31(24-15-7-3-8-16-24)25-17-9-4-10-18-25/h2*2-22H,1H3. The molecule has 0 aliphatic carbocycles. The van der Waals surface area contributed by atoms with Crippen LogP contribution in [0.15, 0.2) is 255 Å². The average Bonchev–Trinajstić information content (AvgIpc) is 3.36. The molecule has 0 bridgehead atoms. The van der Waals surface area contributed by atoms with Crippen molar-refractivity contribution in [3.05, 3.63) is 255 Å². The number of rotatable bonds is 10. The lowest BCUT2D eigenvalue weighted by molar-refractivity contribution is 1.22. The molecular formula is C58H48N4. The lowest BCUT2D eigenvalue weighted by atomic mass is 10.0. The molecule has 300 valence electrons. The van der Waals surface area contributed by atoms with Crippen molar-refractivity contribution in [3.8, 4) is 0 Å². The minimum absolute atomic E-state index is 1.14. The first kappa shape index (κ1) is 39.4. The van der Waals surface area contributed by atoms with Crippen LogP contribution < -0.4 is 19.6 Å². The van der Waals surface area contributed by atoms with E-state index in [2.05, 4.69) is 288 Å². The van der Waals surface area contributed by atoms with E-state index in [-0.39, 0.29) is 0 Å². The fraction of sp³-hybridized carbons (Fsp3) is 0.0345. The maximum absolute atomic E-state index is 2.33. The van der Waals surface area contributed by atoms with E-state index in [9.17, 15) is 0 Å². The van der Waals surface area contributed by atoms with Crippen molar-refractivity contribution in [1.82, 2.24) is 0 Å². The molecule has 0 N–H and O–H groups in total. The fourth-order valence-electron chi connectivity index (χ4n) is 8.26. The van der Waals surface area contributed by atoms with Gasteiger partial charge in [0.15, 0.2) is 0 Å². The van der Waals surface area contributed by atoms with Gasteiger partial charge < -0.3 is 19.6 Å². The normalized spacial score (nSPS) is 10.7. The molecule has 0 saturated carbocycles. The quantitative estimate of drug-likeness (QED) is 0.137. The van der Waals surface area contributed by atoms with Crippen LogP contribution in [0.2, 0.25) is 0 Å². The van der Waals surface area contributed by atoms with E-state index < -0.39 is 0 Å². The summed E-state index contributed by atoms with van der Waals surface area (Å²) in [5, 5.41) is 4.89. The SMILES string of the molecule is CN(c1ccccc1)c1ccc(N(c2ccccc2)c2ccccc2)c2ccccc12.CN(c1ccccc1)c1cccc2c(N(c3ccccc3)c3ccccc3)cccc12. The summed E-state index contributed by atoms with van der Waals surface area (Å²) in [4.78, 5) is 9.16. The number of anilines is 10. The molecule has 0 saturated heterocycles. The fourth-order valence-corrected chi connectivity index (χ4v) is 8.26. The highest BCUT2D eigenvalue weighted by Gasteiger charge is 2.19. The van der Waals surface area contributed by atoms with Crippen LogP contribution in [0.25, 0.3) is 21.5 Å². The highest BCUT2D eigenvalue weighted by Crippen LogP contribution is 2.44. The summed E-state index contributed by atoms with van der Waals surface area (Å²) >= 11 is 0. The minimum atomic E-state index is 1.14. The van der Waals surface area contributed by atoms with Crippen molar-refractivity contribution in [2.45, 2.75) is 0 Å². The average molecular weight is 801 g/mol. The summed E-state index contributed by atoms with van der Waals surface area (Å²) in [5.74, 6) is 0. The molecule has 10 rings (SSSR count). The van der Waals surface area contributed by atoms with Crippen LogP contribution in [0.1, 0.15) is 0 Å². The second-order valence-electron chi connectivity index (χ2n) is 15.1. The third-order valence-electron chi connectivity index (χ3n) is 11.3. The molecule has 4 heteroatoms. The molecule has 0 atom stereocenters. The first-order valence-electron chi connectivity index (χ1n) is 21.1. The molecule has 0 unspecified atom stereocenters. The van der Waals surface area contributed by atoms with Crippen LogP contribution >= 0.6 is 0 Å². The smallest absolute Gasteiger partial charge is 0.0541 e. The first-order chi connectivity index (χ1) is 30.7. The van der Waals surface area contributed by atoms with E-state index >= 15 is 0 Å². The predicted molar refractivity (Wildman–Crippen MR) is 266 cm³/mol. The van der Waals surface area contributed by atoms with Crippen molar-refractivity contribution < 1.29 is 0 Å². The molecule has 0 heterocycles. The van der Waals surface area contributed by atoms with E-state index in [0.29, 0.717) is 0 Å². The van der Waals surface area contributed by atoms with Gasteiger partial charge in [0.25, 0.3) is 0 Å². The molecule has 62 heavy (non-hydrogen) atoms. The maximum atomic E-state index is 2.33. The van der Waals surface area contributed by atoms with Gasteiger partial charge in [-0.15, -0.1) is 0 Å². The second kappa shape index (κ2) is 18.5. The molecular weight excluding hydrogens is 753 g/mol. The molecule has 0 aliphatic heterocycles. The summed E-state index contributed by atoms with van der Waals surface area (Å²) in [6.07, 6.45) is 0. The van der Waals surface area contributed by atoms with Crippen LogP contribution in [0.5, 0.6) is 0 Å². The monoisotopic (exact) mass is 800 g/mol. The van der Waals surface area contributed by atoms with Gasteiger partial charge in [0.1, 0.15) is 0 Å². The third-order valence-corrected chi connectivity index (χ3v) is 11.3. The third kappa shape index (κ3) is 8.23. The van der Waals surface area contributed by atoms with Gasteiger partial charge >= 0.3 is 0 Å². The summed E-state index contributed by atoms with van der Waals surface area (Å²) in [6, 6.07) is 89.4. The van der Waals surface area contributed by atoms with Gasteiger partial charge in [0, 0.05) is 81.1 Å².